The predicted octanol–water partition coefficient (Wildman–Crippen LogP) is 2.44. The van der Waals surface area contributed by atoms with Crippen LogP contribution in [0.1, 0.15) is 39.1 Å². The highest BCUT2D eigenvalue weighted by Crippen LogP contribution is 2.24. The number of hydrogen-bond donors (Lipinski definition) is 2. The lowest BCUT2D eigenvalue weighted by molar-refractivity contribution is 0.0700. The van der Waals surface area contributed by atoms with E-state index in [0.29, 0.717) is 22.8 Å². The van der Waals surface area contributed by atoms with Crippen LogP contribution in [-0.4, -0.2) is 27.0 Å². The molecule has 2 aromatic heterocycles. The first kappa shape index (κ1) is 14.1. The Labute approximate surface area is 119 Å². The van der Waals surface area contributed by atoms with Gasteiger partial charge in [-0.2, -0.15) is 0 Å². The summed E-state index contributed by atoms with van der Waals surface area (Å²) < 4.78 is 0. The average molecular weight is 291 g/mol. The molecule has 0 aliphatic carbocycles. The lowest BCUT2D eigenvalue weighted by Gasteiger charge is -2.00. The fraction of sp³-hybridized carbons (Fsp3) is 0.231. The van der Waals surface area contributed by atoms with Crippen molar-refractivity contribution in [2.75, 3.05) is 5.32 Å². The molecule has 0 aromatic carbocycles. The third-order valence-electron chi connectivity index (χ3n) is 2.52. The fourth-order valence-corrected chi connectivity index (χ4v) is 2.49. The number of pyridine rings is 1. The van der Waals surface area contributed by atoms with Gasteiger partial charge in [0.2, 0.25) is 0 Å². The molecule has 2 heterocycles. The Morgan fingerprint density at radius 1 is 1.45 bits per heavy atom. The van der Waals surface area contributed by atoms with Gasteiger partial charge in [0.15, 0.2) is 5.13 Å². The summed E-state index contributed by atoms with van der Waals surface area (Å²) in [7, 11) is 0. The molecule has 20 heavy (non-hydrogen) atoms. The SMILES string of the molecule is CCCc1nc(NC(=O)c2cccnc2)sc1C(=O)O. The highest BCUT2D eigenvalue weighted by atomic mass is 32.1. The number of amides is 1. The van der Waals surface area contributed by atoms with Crippen molar-refractivity contribution in [1.29, 1.82) is 0 Å². The second kappa shape index (κ2) is 6.25. The summed E-state index contributed by atoms with van der Waals surface area (Å²) >= 11 is 0.968. The van der Waals surface area contributed by atoms with Gasteiger partial charge in [-0.25, -0.2) is 9.78 Å². The van der Waals surface area contributed by atoms with Gasteiger partial charge in [-0.3, -0.25) is 15.1 Å². The molecule has 0 aliphatic rings. The number of nitrogens with zero attached hydrogens (tertiary/aromatic N) is 2. The van der Waals surface area contributed by atoms with Crippen LogP contribution in [0.15, 0.2) is 24.5 Å². The number of rotatable bonds is 5. The normalized spacial score (nSPS) is 10.2. The zero-order valence-corrected chi connectivity index (χ0v) is 11.6. The smallest absolute Gasteiger partial charge is 0.347 e. The highest BCUT2D eigenvalue weighted by molar-refractivity contribution is 7.17. The van der Waals surface area contributed by atoms with Crippen LogP contribution in [0.4, 0.5) is 5.13 Å². The maximum absolute atomic E-state index is 11.9. The molecule has 0 fully saturated rings. The zero-order valence-electron chi connectivity index (χ0n) is 10.8. The Bertz CT molecular complexity index is 625. The third-order valence-corrected chi connectivity index (χ3v) is 3.52. The quantitative estimate of drug-likeness (QED) is 0.882. The first-order chi connectivity index (χ1) is 9.61. The first-order valence-electron chi connectivity index (χ1n) is 6.06. The maximum atomic E-state index is 11.9. The average Bonchev–Trinajstić information content (AvgIpc) is 2.83. The number of thiazole rings is 1. The molecule has 0 saturated heterocycles. The number of anilines is 1. The Balaban J connectivity index is 2.19. The number of carbonyl (C=O) groups excluding carboxylic acids is 1. The van der Waals surface area contributed by atoms with E-state index in [4.69, 9.17) is 5.11 Å². The van der Waals surface area contributed by atoms with E-state index >= 15 is 0 Å². The number of aromatic nitrogens is 2. The second-order valence-electron chi connectivity index (χ2n) is 4.05. The molecule has 0 saturated carbocycles. The van der Waals surface area contributed by atoms with Crippen LogP contribution in [0.5, 0.6) is 0 Å². The Kier molecular flexibility index (Phi) is 4.41. The number of hydrogen-bond acceptors (Lipinski definition) is 5. The first-order valence-corrected chi connectivity index (χ1v) is 6.87. The number of carboxylic acid groups (broad SMARTS) is 1. The number of aryl methyl sites for hydroxylation is 1. The van der Waals surface area contributed by atoms with Gasteiger partial charge in [-0.05, 0) is 18.6 Å². The molecular weight excluding hydrogens is 278 g/mol. The Hall–Kier alpha value is -2.28. The predicted molar refractivity (Wildman–Crippen MR) is 75.3 cm³/mol. The van der Waals surface area contributed by atoms with Crippen molar-refractivity contribution >= 4 is 28.3 Å². The molecule has 1 amide bonds. The molecule has 0 atom stereocenters. The van der Waals surface area contributed by atoms with Gasteiger partial charge >= 0.3 is 5.97 Å². The van der Waals surface area contributed by atoms with Gasteiger partial charge in [-0.15, -0.1) is 0 Å². The van der Waals surface area contributed by atoms with Crippen LogP contribution in [0.2, 0.25) is 0 Å². The van der Waals surface area contributed by atoms with Crippen LogP contribution in [0.25, 0.3) is 0 Å². The molecule has 6 nitrogen and oxygen atoms in total. The molecule has 104 valence electrons. The Morgan fingerprint density at radius 3 is 2.85 bits per heavy atom. The lowest BCUT2D eigenvalue weighted by atomic mass is 10.2. The molecule has 0 radical (unpaired) electrons. The molecule has 0 aliphatic heterocycles. The van der Waals surface area contributed by atoms with Crippen molar-refractivity contribution in [3.8, 4) is 0 Å². The van der Waals surface area contributed by atoms with E-state index in [1.54, 1.807) is 18.3 Å². The summed E-state index contributed by atoms with van der Waals surface area (Å²) in [4.78, 5) is 31.2. The summed E-state index contributed by atoms with van der Waals surface area (Å²) in [6, 6.07) is 3.28. The van der Waals surface area contributed by atoms with E-state index in [9.17, 15) is 9.59 Å². The largest absolute Gasteiger partial charge is 0.477 e. The van der Waals surface area contributed by atoms with E-state index in [2.05, 4.69) is 15.3 Å². The van der Waals surface area contributed by atoms with Gasteiger partial charge in [-0.1, -0.05) is 24.7 Å². The molecule has 0 spiro atoms. The summed E-state index contributed by atoms with van der Waals surface area (Å²) in [5.41, 5.74) is 0.906. The summed E-state index contributed by atoms with van der Waals surface area (Å²) in [5.74, 6) is -1.38. The van der Waals surface area contributed by atoms with Crippen molar-refractivity contribution < 1.29 is 14.7 Å². The van der Waals surface area contributed by atoms with Gasteiger partial charge < -0.3 is 5.11 Å². The van der Waals surface area contributed by atoms with Crippen molar-refractivity contribution in [1.82, 2.24) is 9.97 Å². The Morgan fingerprint density at radius 2 is 2.25 bits per heavy atom. The number of aromatic carboxylic acids is 1. The van der Waals surface area contributed by atoms with E-state index in [1.165, 1.54) is 6.20 Å². The topological polar surface area (TPSA) is 92.2 Å². The van der Waals surface area contributed by atoms with E-state index in [1.807, 2.05) is 6.92 Å². The molecule has 0 bridgehead atoms. The van der Waals surface area contributed by atoms with E-state index in [0.717, 1.165) is 17.8 Å². The van der Waals surface area contributed by atoms with Gasteiger partial charge in [0.25, 0.3) is 5.91 Å². The minimum Gasteiger partial charge on any atom is -0.477 e. The minimum atomic E-state index is -1.02. The lowest BCUT2D eigenvalue weighted by Crippen LogP contribution is -2.11. The van der Waals surface area contributed by atoms with Gasteiger partial charge in [0.1, 0.15) is 4.88 Å². The van der Waals surface area contributed by atoms with Crippen molar-refractivity contribution in [2.24, 2.45) is 0 Å². The standard InChI is InChI=1S/C13H13N3O3S/c1-2-4-9-10(12(18)19)20-13(15-9)16-11(17)8-5-3-6-14-7-8/h3,5-7H,2,4H2,1H3,(H,18,19)(H,15,16,17). The molecule has 2 N–H and O–H groups in total. The number of carboxylic acids is 1. The highest BCUT2D eigenvalue weighted by Gasteiger charge is 2.18. The van der Waals surface area contributed by atoms with Crippen LogP contribution < -0.4 is 5.32 Å². The van der Waals surface area contributed by atoms with Crippen molar-refractivity contribution in [3.05, 3.63) is 40.7 Å². The number of nitrogens with one attached hydrogen (secondary N) is 1. The summed E-state index contributed by atoms with van der Waals surface area (Å²) in [6.45, 7) is 1.94. The monoisotopic (exact) mass is 291 g/mol. The third kappa shape index (κ3) is 3.18. The second-order valence-corrected chi connectivity index (χ2v) is 5.04. The molecule has 2 aromatic rings. The molecule has 7 heteroatoms. The van der Waals surface area contributed by atoms with Crippen molar-refractivity contribution in [3.63, 3.8) is 0 Å². The van der Waals surface area contributed by atoms with Crippen LogP contribution >= 0.6 is 11.3 Å². The summed E-state index contributed by atoms with van der Waals surface area (Å²) in [5, 5.41) is 12.0. The minimum absolute atomic E-state index is 0.174. The molecule has 0 unspecified atom stereocenters. The number of carbonyl (C=O) groups is 2. The summed E-state index contributed by atoms with van der Waals surface area (Å²) in [6.07, 6.45) is 4.37. The fourth-order valence-electron chi connectivity index (χ4n) is 1.64. The van der Waals surface area contributed by atoms with Crippen LogP contribution in [0.3, 0.4) is 0 Å². The van der Waals surface area contributed by atoms with E-state index in [-0.39, 0.29) is 10.8 Å². The zero-order chi connectivity index (χ0) is 14.5. The molecular formula is C13H13N3O3S. The van der Waals surface area contributed by atoms with Crippen LogP contribution in [0, 0.1) is 0 Å². The van der Waals surface area contributed by atoms with Gasteiger partial charge in [0, 0.05) is 12.4 Å². The maximum Gasteiger partial charge on any atom is 0.347 e. The van der Waals surface area contributed by atoms with Gasteiger partial charge in [0.05, 0.1) is 11.3 Å². The van der Waals surface area contributed by atoms with Crippen LogP contribution in [-0.2, 0) is 6.42 Å². The molecule has 2 rings (SSSR count). The van der Waals surface area contributed by atoms with Crippen molar-refractivity contribution in [2.45, 2.75) is 19.8 Å². The van der Waals surface area contributed by atoms with E-state index < -0.39 is 5.97 Å².